The molecule has 0 amide bonds. The van der Waals surface area contributed by atoms with E-state index in [2.05, 4.69) is 15.9 Å². The van der Waals surface area contributed by atoms with E-state index < -0.39 is 17.5 Å². The van der Waals surface area contributed by atoms with Crippen LogP contribution >= 0.6 is 15.9 Å². The maximum Gasteiger partial charge on any atom is 0.151 e. The van der Waals surface area contributed by atoms with Gasteiger partial charge in [-0.2, -0.15) is 0 Å². The molecule has 0 spiro atoms. The van der Waals surface area contributed by atoms with Crippen LogP contribution in [0.3, 0.4) is 0 Å². The van der Waals surface area contributed by atoms with Gasteiger partial charge in [-0.25, -0.2) is 8.78 Å². The monoisotopic (exact) mass is 234 g/mol. The fourth-order valence-electron chi connectivity index (χ4n) is 0.734. The van der Waals surface area contributed by atoms with Gasteiger partial charge < -0.3 is 5.73 Å². The van der Waals surface area contributed by atoms with E-state index in [4.69, 9.17) is 11.1 Å². The highest BCUT2D eigenvalue weighted by molar-refractivity contribution is 9.10. The minimum Gasteiger partial charge on any atom is -0.384 e. The number of hydrogen-bond donors (Lipinski definition) is 2. The summed E-state index contributed by atoms with van der Waals surface area (Å²) >= 11 is 2.70. The molecule has 5 heteroatoms. The number of nitrogens with one attached hydrogen (secondary N) is 1. The van der Waals surface area contributed by atoms with Gasteiger partial charge in [-0.15, -0.1) is 0 Å². The molecule has 0 aliphatic heterocycles. The quantitative estimate of drug-likeness (QED) is 0.436. The van der Waals surface area contributed by atoms with Crippen LogP contribution in [0.1, 0.15) is 5.56 Å². The summed E-state index contributed by atoms with van der Waals surface area (Å²) in [4.78, 5) is 0. The maximum atomic E-state index is 13.0. The lowest BCUT2D eigenvalue weighted by atomic mass is 10.2. The van der Waals surface area contributed by atoms with Crippen LogP contribution in [0.4, 0.5) is 8.78 Å². The predicted octanol–water partition coefficient (Wildman–Crippen LogP) is 2.01. The van der Waals surface area contributed by atoms with Crippen molar-refractivity contribution in [1.29, 1.82) is 5.41 Å². The van der Waals surface area contributed by atoms with Crippen LogP contribution < -0.4 is 5.73 Å². The molecule has 12 heavy (non-hydrogen) atoms. The summed E-state index contributed by atoms with van der Waals surface area (Å²) in [5, 5.41) is 6.94. The van der Waals surface area contributed by atoms with Crippen LogP contribution in [-0.2, 0) is 0 Å². The van der Waals surface area contributed by atoms with Gasteiger partial charge in [0, 0.05) is 0 Å². The third-order valence-electron chi connectivity index (χ3n) is 1.33. The lowest BCUT2D eigenvalue weighted by Crippen LogP contribution is -2.13. The molecule has 3 N–H and O–H groups in total. The Morgan fingerprint density at radius 1 is 1.42 bits per heavy atom. The second-order valence-corrected chi connectivity index (χ2v) is 2.93. The molecule has 2 nitrogen and oxygen atoms in total. The fourth-order valence-corrected chi connectivity index (χ4v) is 1.08. The van der Waals surface area contributed by atoms with Gasteiger partial charge in [0.05, 0.1) is 10.0 Å². The van der Waals surface area contributed by atoms with Crippen LogP contribution in [0.15, 0.2) is 16.6 Å². The van der Waals surface area contributed by atoms with Crippen molar-refractivity contribution in [3.63, 3.8) is 0 Å². The van der Waals surface area contributed by atoms with Gasteiger partial charge in [0.2, 0.25) is 0 Å². The summed E-state index contributed by atoms with van der Waals surface area (Å²) in [6, 6.07) is 2.17. The van der Waals surface area contributed by atoms with Crippen molar-refractivity contribution in [2.24, 2.45) is 5.73 Å². The Kier molecular flexibility index (Phi) is 2.42. The van der Waals surface area contributed by atoms with Crippen molar-refractivity contribution < 1.29 is 8.78 Å². The summed E-state index contributed by atoms with van der Waals surface area (Å²) in [6.45, 7) is 0. The third kappa shape index (κ3) is 1.45. The minimum atomic E-state index is -0.845. The first-order valence-corrected chi connectivity index (χ1v) is 3.81. The molecule has 0 aromatic heterocycles. The topological polar surface area (TPSA) is 49.9 Å². The van der Waals surface area contributed by atoms with Gasteiger partial charge in [-0.3, -0.25) is 5.41 Å². The minimum absolute atomic E-state index is 0.108. The number of benzene rings is 1. The van der Waals surface area contributed by atoms with Gasteiger partial charge in [0.15, 0.2) is 5.82 Å². The van der Waals surface area contributed by atoms with E-state index >= 15 is 0 Å². The molecule has 0 heterocycles. The normalized spacial score (nSPS) is 9.92. The highest BCUT2D eigenvalue weighted by atomic mass is 79.9. The first kappa shape index (κ1) is 9.12. The van der Waals surface area contributed by atoms with E-state index in [1.165, 1.54) is 0 Å². The summed E-state index contributed by atoms with van der Waals surface area (Å²) in [5.41, 5.74) is 4.93. The molecule has 0 bridgehead atoms. The van der Waals surface area contributed by atoms with E-state index in [9.17, 15) is 8.78 Å². The molecule has 1 aromatic rings. The second-order valence-electron chi connectivity index (χ2n) is 2.14. The van der Waals surface area contributed by atoms with Gasteiger partial charge >= 0.3 is 0 Å². The number of amidine groups is 1. The molecule has 1 rings (SSSR count). The summed E-state index contributed by atoms with van der Waals surface area (Å²) in [7, 11) is 0. The van der Waals surface area contributed by atoms with E-state index in [0.29, 0.717) is 0 Å². The molecule has 0 saturated heterocycles. The summed E-state index contributed by atoms with van der Waals surface area (Å²) in [6.07, 6.45) is 0. The van der Waals surface area contributed by atoms with E-state index in [0.717, 1.165) is 12.1 Å². The Bertz CT molecular complexity index is 338. The first-order chi connectivity index (χ1) is 5.54. The molecule has 0 fully saturated rings. The molecule has 0 saturated carbocycles. The van der Waals surface area contributed by atoms with Crippen LogP contribution in [0.25, 0.3) is 0 Å². The Morgan fingerprint density at radius 3 is 2.50 bits per heavy atom. The number of hydrogen-bond acceptors (Lipinski definition) is 1. The number of nitrogen functional groups attached to an aromatic ring is 1. The largest absolute Gasteiger partial charge is 0.384 e. The molecular weight excluding hydrogens is 230 g/mol. The van der Waals surface area contributed by atoms with Crippen LogP contribution in [0, 0.1) is 17.0 Å². The SMILES string of the molecule is N=C(N)c1ccc(F)c(Br)c1F. The Hall–Kier alpha value is -0.970. The lowest BCUT2D eigenvalue weighted by molar-refractivity contribution is 0.570. The van der Waals surface area contributed by atoms with Crippen molar-refractivity contribution >= 4 is 21.8 Å². The zero-order valence-electron chi connectivity index (χ0n) is 5.87. The van der Waals surface area contributed by atoms with E-state index in [-0.39, 0.29) is 10.0 Å². The molecule has 64 valence electrons. The zero-order chi connectivity index (χ0) is 9.30. The van der Waals surface area contributed by atoms with Gasteiger partial charge in [-0.05, 0) is 28.1 Å². The summed E-state index contributed by atoms with van der Waals surface area (Å²) < 4.78 is 25.3. The Labute approximate surface area is 76.0 Å². The molecule has 0 atom stereocenters. The van der Waals surface area contributed by atoms with Crippen LogP contribution in [-0.4, -0.2) is 5.84 Å². The Balaban J connectivity index is 3.36. The summed E-state index contributed by atoms with van der Waals surface area (Å²) in [5.74, 6) is -1.98. The van der Waals surface area contributed by atoms with Crippen molar-refractivity contribution in [1.82, 2.24) is 0 Å². The number of nitrogens with two attached hydrogens (primary N) is 1. The van der Waals surface area contributed by atoms with Crippen LogP contribution in [0.2, 0.25) is 0 Å². The lowest BCUT2D eigenvalue weighted by Gasteiger charge is -2.02. The van der Waals surface area contributed by atoms with Crippen LogP contribution in [0.5, 0.6) is 0 Å². The average molecular weight is 235 g/mol. The van der Waals surface area contributed by atoms with Crippen molar-refractivity contribution in [2.45, 2.75) is 0 Å². The van der Waals surface area contributed by atoms with Gasteiger partial charge in [-0.1, -0.05) is 0 Å². The number of halogens is 3. The molecule has 0 aliphatic carbocycles. The van der Waals surface area contributed by atoms with Crippen molar-refractivity contribution in [2.75, 3.05) is 0 Å². The average Bonchev–Trinajstić information content (AvgIpc) is 2.00. The highest BCUT2D eigenvalue weighted by Crippen LogP contribution is 2.21. The molecule has 0 radical (unpaired) electrons. The smallest absolute Gasteiger partial charge is 0.151 e. The standard InChI is InChI=1S/C7H5BrF2N2/c8-5-4(9)2-1-3(6(5)10)7(11)12/h1-2H,(H3,11,12). The van der Waals surface area contributed by atoms with Crippen molar-refractivity contribution in [3.8, 4) is 0 Å². The number of rotatable bonds is 1. The van der Waals surface area contributed by atoms with Crippen molar-refractivity contribution in [3.05, 3.63) is 33.8 Å². The van der Waals surface area contributed by atoms with E-state index in [1.807, 2.05) is 0 Å². The predicted molar refractivity (Wildman–Crippen MR) is 45.1 cm³/mol. The molecule has 1 aromatic carbocycles. The second kappa shape index (κ2) is 3.18. The first-order valence-electron chi connectivity index (χ1n) is 3.02. The third-order valence-corrected chi connectivity index (χ3v) is 2.05. The Morgan fingerprint density at radius 2 is 2.00 bits per heavy atom. The van der Waals surface area contributed by atoms with E-state index in [1.54, 1.807) is 0 Å². The molecular formula is C7H5BrF2N2. The van der Waals surface area contributed by atoms with Gasteiger partial charge in [0.25, 0.3) is 0 Å². The maximum absolute atomic E-state index is 13.0. The molecule has 0 unspecified atom stereocenters. The molecule has 0 aliphatic rings. The van der Waals surface area contributed by atoms with Gasteiger partial charge in [0.1, 0.15) is 11.7 Å². The highest BCUT2D eigenvalue weighted by Gasteiger charge is 2.12. The zero-order valence-corrected chi connectivity index (χ0v) is 7.45. The fraction of sp³-hybridized carbons (Fsp3) is 0.